The molecule has 0 heterocycles. The molecule has 0 aromatic carbocycles. The van der Waals surface area contributed by atoms with Crippen molar-refractivity contribution in [3.8, 4) is 0 Å². The molecule has 11 heteroatoms. The number of esters is 1. The summed E-state index contributed by atoms with van der Waals surface area (Å²) in [6, 6.07) is -1.47. The number of carboxylic acids is 1. The molecule has 0 aromatic heterocycles. The summed E-state index contributed by atoms with van der Waals surface area (Å²) in [7, 11) is -4.61. The second-order valence-electron chi connectivity index (χ2n) is 14.8. The van der Waals surface area contributed by atoms with Crippen LogP contribution in [0.25, 0.3) is 0 Å². The molecule has 0 bridgehead atoms. The SMILES string of the molecule is CCCCCCC/C=C\CCCCCCCCOCC(COP(=O)(O)OCC(N)C(=O)O)OC(=O)CCCCCCCCC/C=C\CCCCCCCC. The first kappa shape index (κ1) is 52.5. The number of hydrogen-bond acceptors (Lipinski definition) is 8. The Morgan fingerprint density at radius 2 is 0.963 bits per heavy atom. The maximum Gasteiger partial charge on any atom is 0.472 e. The topological polar surface area (TPSA) is 155 Å². The van der Waals surface area contributed by atoms with Gasteiger partial charge in [0, 0.05) is 13.0 Å². The molecule has 0 radical (unpaired) electrons. The largest absolute Gasteiger partial charge is 0.480 e. The summed E-state index contributed by atoms with van der Waals surface area (Å²) in [5.74, 6) is -1.78. The highest BCUT2D eigenvalue weighted by Gasteiger charge is 2.27. The van der Waals surface area contributed by atoms with Gasteiger partial charge in [-0.3, -0.25) is 18.6 Å². The molecule has 10 nitrogen and oxygen atoms in total. The highest BCUT2D eigenvalue weighted by Crippen LogP contribution is 2.43. The summed E-state index contributed by atoms with van der Waals surface area (Å²) >= 11 is 0. The molecule has 0 aromatic rings. The van der Waals surface area contributed by atoms with Crippen LogP contribution in [0.1, 0.15) is 200 Å². The van der Waals surface area contributed by atoms with Crippen molar-refractivity contribution in [2.24, 2.45) is 5.73 Å². The summed E-state index contributed by atoms with van der Waals surface area (Å²) in [5.41, 5.74) is 5.35. The minimum absolute atomic E-state index is 0.0134. The molecule has 54 heavy (non-hydrogen) atoms. The molecule has 0 rings (SSSR count). The van der Waals surface area contributed by atoms with Crippen molar-refractivity contribution in [3.63, 3.8) is 0 Å². The molecule has 0 saturated carbocycles. The molecule has 0 saturated heterocycles. The standard InChI is InChI=1S/C43H82NO9P/c1-3-5-7-9-11-13-15-17-19-20-21-23-25-27-29-31-33-35-42(45)53-40(38-51-54(48,49)52-39-41(44)43(46)47)37-50-36-34-32-30-28-26-24-22-18-16-14-12-10-8-6-4-2/h16-19,40-41H,3-15,20-39,44H2,1-2H3,(H,46,47)(H,48,49)/b18-16-,19-17-. The van der Waals surface area contributed by atoms with Crippen LogP contribution >= 0.6 is 7.82 Å². The van der Waals surface area contributed by atoms with E-state index in [0.717, 1.165) is 51.4 Å². The third kappa shape index (κ3) is 38.7. The van der Waals surface area contributed by atoms with E-state index in [-0.39, 0.29) is 13.0 Å². The number of phosphoric ester groups is 1. The van der Waals surface area contributed by atoms with Gasteiger partial charge in [-0.1, -0.05) is 154 Å². The first-order valence-electron chi connectivity index (χ1n) is 21.9. The number of aliphatic carboxylic acids is 1. The molecule has 0 amide bonds. The molecule has 0 spiro atoms. The molecule has 0 aliphatic carbocycles. The molecular formula is C43H82NO9P. The number of allylic oxidation sites excluding steroid dienone is 4. The average molecular weight is 788 g/mol. The van der Waals surface area contributed by atoms with Gasteiger partial charge in [-0.15, -0.1) is 0 Å². The van der Waals surface area contributed by atoms with Gasteiger partial charge in [0.05, 0.1) is 19.8 Å². The van der Waals surface area contributed by atoms with Gasteiger partial charge in [-0.25, -0.2) is 4.57 Å². The van der Waals surface area contributed by atoms with Crippen molar-refractivity contribution in [2.75, 3.05) is 26.4 Å². The van der Waals surface area contributed by atoms with Gasteiger partial charge in [-0.05, 0) is 64.2 Å². The molecule has 0 aliphatic heterocycles. The summed E-state index contributed by atoms with van der Waals surface area (Å²) < 4.78 is 33.3. The Morgan fingerprint density at radius 1 is 0.574 bits per heavy atom. The van der Waals surface area contributed by atoms with Gasteiger partial charge in [0.15, 0.2) is 0 Å². The van der Waals surface area contributed by atoms with Gasteiger partial charge >= 0.3 is 19.8 Å². The van der Waals surface area contributed by atoms with E-state index in [0.29, 0.717) is 13.0 Å². The van der Waals surface area contributed by atoms with Gasteiger partial charge in [-0.2, -0.15) is 0 Å². The van der Waals surface area contributed by atoms with Crippen molar-refractivity contribution >= 4 is 19.8 Å². The summed E-state index contributed by atoms with van der Waals surface area (Å²) in [6.07, 6.45) is 42.2. The number of carbonyl (C=O) groups is 2. The van der Waals surface area contributed by atoms with Gasteiger partial charge in [0.1, 0.15) is 12.1 Å². The highest BCUT2D eigenvalue weighted by atomic mass is 31.2. The number of carbonyl (C=O) groups excluding carboxylic acids is 1. The Hall–Kier alpha value is -1.55. The zero-order valence-electron chi connectivity index (χ0n) is 34.6. The molecule has 0 fully saturated rings. The number of nitrogens with two attached hydrogens (primary N) is 1. The van der Waals surface area contributed by atoms with Crippen molar-refractivity contribution in [2.45, 2.75) is 212 Å². The lowest BCUT2D eigenvalue weighted by atomic mass is 10.1. The fourth-order valence-corrected chi connectivity index (χ4v) is 6.78. The van der Waals surface area contributed by atoms with E-state index in [1.54, 1.807) is 0 Å². The number of phosphoric acid groups is 1. The zero-order chi connectivity index (χ0) is 39.8. The van der Waals surface area contributed by atoms with E-state index in [1.807, 2.05) is 0 Å². The Bertz CT molecular complexity index is 961. The Morgan fingerprint density at radius 3 is 1.41 bits per heavy atom. The molecule has 4 N–H and O–H groups in total. The number of hydrogen-bond donors (Lipinski definition) is 3. The lowest BCUT2D eigenvalue weighted by Crippen LogP contribution is -2.34. The van der Waals surface area contributed by atoms with E-state index >= 15 is 0 Å². The Balaban J connectivity index is 4.24. The molecule has 3 unspecified atom stereocenters. The number of unbranched alkanes of at least 4 members (excludes halogenated alkanes) is 24. The number of carboxylic acid groups (broad SMARTS) is 1. The second kappa shape index (κ2) is 39.7. The van der Waals surface area contributed by atoms with Gasteiger partial charge in [0.2, 0.25) is 0 Å². The lowest BCUT2D eigenvalue weighted by molar-refractivity contribution is -0.154. The second-order valence-corrected chi connectivity index (χ2v) is 16.3. The minimum atomic E-state index is -4.61. The minimum Gasteiger partial charge on any atom is -0.480 e. The van der Waals surface area contributed by atoms with Crippen molar-refractivity contribution in [3.05, 3.63) is 24.3 Å². The predicted molar refractivity (Wildman–Crippen MR) is 222 cm³/mol. The Labute approximate surface area is 330 Å². The van der Waals surface area contributed by atoms with Crippen LogP contribution in [0, 0.1) is 0 Å². The fraction of sp³-hybridized carbons (Fsp3) is 0.860. The first-order valence-corrected chi connectivity index (χ1v) is 23.4. The van der Waals surface area contributed by atoms with Crippen LogP contribution in [-0.4, -0.2) is 60.5 Å². The first-order chi connectivity index (χ1) is 26.2. The van der Waals surface area contributed by atoms with Crippen LogP contribution in [0.15, 0.2) is 24.3 Å². The lowest BCUT2D eigenvalue weighted by Gasteiger charge is -2.20. The number of rotatable bonds is 42. The Kier molecular flexibility index (Phi) is 38.5. The van der Waals surface area contributed by atoms with Gasteiger partial charge in [0.25, 0.3) is 0 Å². The van der Waals surface area contributed by atoms with Crippen molar-refractivity contribution < 1.29 is 42.7 Å². The molecule has 318 valence electrons. The van der Waals surface area contributed by atoms with E-state index in [9.17, 15) is 19.0 Å². The van der Waals surface area contributed by atoms with Gasteiger partial charge < -0.3 is 25.2 Å². The third-order valence-corrected chi connectivity index (χ3v) is 10.4. The quantitative estimate of drug-likeness (QED) is 0.0236. The van der Waals surface area contributed by atoms with Crippen LogP contribution in [0.5, 0.6) is 0 Å². The fourth-order valence-electron chi connectivity index (χ4n) is 6.00. The molecular weight excluding hydrogens is 705 g/mol. The number of ether oxygens (including phenoxy) is 2. The maximum absolute atomic E-state index is 12.6. The summed E-state index contributed by atoms with van der Waals surface area (Å²) in [6.45, 7) is 3.86. The summed E-state index contributed by atoms with van der Waals surface area (Å²) in [4.78, 5) is 33.5. The normalized spacial score (nSPS) is 14.1. The predicted octanol–water partition coefficient (Wildman–Crippen LogP) is 11.9. The average Bonchev–Trinajstić information content (AvgIpc) is 3.15. The van der Waals surface area contributed by atoms with Crippen LogP contribution in [0.3, 0.4) is 0 Å². The zero-order valence-corrected chi connectivity index (χ0v) is 35.5. The van der Waals surface area contributed by atoms with Crippen molar-refractivity contribution in [1.29, 1.82) is 0 Å². The van der Waals surface area contributed by atoms with Crippen molar-refractivity contribution in [1.82, 2.24) is 0 Å². The molecule has 3 atom stereocenters. The highest BCUT2D eigenvalue weighted by molar-refractivity contribution is 7.47. The summed E-state index contributed by atoms with van der Waals surface area (Å²) in [5, 5.41) is 8.89. The van der Waals surface area contributed by atoms with Crippen LogP contribution in [0.4, 0.5) is 0 Å². The molecule has 0 aliphatic rings. The maximum atomic E-state index is 12.6. The monoisotopic (exact) mass is 788 g/mol. The van der Waals surface area contributed by atoms with E-state index in [4.69, 9.17) is 29.4 Å². The van der Waals surface area contributed by atoms with E-state index in [1.165, 1.54) is 122 Å². The smallest absolute Gasteiger partial charge is 0.472 e. The van der Waals surface area contributed by atoms with E-state index < -0.39 is 45.1 Å². The van der Waals surface area contributed by atoms with Crippen LogP contribution in [0.2, 0.25) is 0 Å². The third-order valence-electron chi connectivity index (χ3n) is 9.45. The van der Waals surface area contributed by atoms with Crippen LogP contribution in [-0.2, 0) is 32.7 Å². The van der Waals surface area contributed by atoms with Crippen LogP contribution < -0.4 is 5.73 Å². The van der Waals surface area contributed by atoms with E-state index in [2.05, 4.69) is 38.2 Å².